The molecular weight excluding hydrogens is 170 g/mol. The second-order valence-electron chi connectivity index (χ2n) is 2.46. The van der Waals surface area contributed by atoms with Crippen LogP contribution in [0, 0.1) is 0 Å². The zero-order chi connectivity index (χ0) is 9.26. The van der Waals surface area contributed by atoms with Gasteiger partial charge in [-0.3, -0.25) is 0 Å². The van der Waals surface area contributed by atoms with Crippen molar-refractivity contribution in [1.82, 2.24) is 15.0 Å². The van der Waals surface area contributed by atoms with Crippen LogP contribution in [0.5, 0.6) is 0 Å². The molecule has 2 aromatic heterocycles. The second-order valence-corrected chi connectivity index (χ2v) is 2.46. The zero-order valence-corrected chi connectivity index (χ0v) is 6.51. The lowest BCUT2D eigenvalue weighted by Gasteiger charge is -1.95. The molecule has 0 spiro atoms. The van der Waals surface area contributed by atoms with Crippen molar-refractivity contribution in [2.45, 2.75) is 0 Å². The number of hydrogen-bond donors (Lipinski definition) is 1. The Morgan fingerprint density at radius 1 is 1.31 bits per heavy atom. The number of nitrogens with zero attached hydrogens (tertiary/aromatic N) is 3. The highest BCUT2D eigenvalue weighted by molar-refractivity contribution is 5.90. The van der Waals surface area contributed by atoms with Gasteiger partial charge in [-0.15, -0.1) is 0 Å². The first-order valence-electron chi connectivity index (χ1n) is 3.56. The minimum absolute atomic E-state index is 0.00213. The molecule has 0 amide bonds. The molecule has 5 heteroatoms. The normalized spacial score (nSPS) is 10.2. The average molecular weight is 175 g/mol. The lowest BCUT2D eigenvalue weighted by Crippen LogP contribution is -1.99. The third-order valence-electron chi connectivity index (χ3n) is 1.61. The number of rotatable bonds is 1. The maximum atomic E-state index is 10.5. The Bertz CT molecular complexity index is 470. The van der Waals surface area contributed by atoms with Crippen LogP contribution < -0.4 is 0 Å². The Balaban J connectivity index is 2.69. The van der Waals surface area contributed by atoms with Gasteiger partial charge in [-0.2, -0.15) is 0 Å². The van der Waals surface area contributed by atoms with Crippen LogP contribution in [0.1, 0.15) is 10.5 Å². The Morgan fingerprint density at radius 2 is 2.15 bits per heavy atom. The predicted molar refractivity (Wildman–Crippen MR) is 44.3 cm³/mol. The third kappa shape index (κ3) is 1.31. The number of pyridine rings is 1. The lowest BCUT2D eigenvalue weighted by molar-refractivity contribution is 0.0691. The topological polar surface area (TPSA) is 76.0 Å². The van der Waals surface area contributed by atoms with Gasteiger partial charge in [0.05, 0.1) is 11.7 Å². The fourth-order valence-electron chi connectivity index (χ4n) is 1.00. The van der Waals surface area contributed by atoms with Crippen LogP contribution in [0.25, 0.3) is 10.9 Å². The molecule has 2 aromatic rings. The van der Waals surface area contributed by atoms with E-state index >= 15 is 0 Å². The monoisotopic (exact) mass is 175 g/mol. The van der Waals surface area contributed by atoms with E-state index in [1.54, 1.807) is 6.20 Å². The van der Waals surface area contributed by atoms with Crippen molar-refractivity contribution < 1.29 is 9.90 Å². The Kier molecular flexibility index (Phi) is 1.63. The van der Waals surface area contributed by atoms with Gasteiger partial charge in [-0.25, -0.2) is 19.7 Å². The van der Waals surface area contributed by atoms with Crippen molar-refractivity contribution in [1.29, 1.82) is 0 Å². The van der Waals surface area contributed by atoms with E-state index in [0.717, 1.165) is 0 Å². The molecule has 0 aliphatic rings. The van der Waals surface area contributed by atoms with E-state index in [-0.39, 0.29) is 5.69 Å². The summed E-state index contributed by atoms with van der Waals surface area (Å²) < 4.78 is 0. The van der Waals surface area contributed by atoms with Gasteiger partial charge in [0, 0.05) is 11.6 Å². The molecule has 64 valence electrons. The maximum Gasteiger partial charge on any atom is 0.354 e. The average Bonchev–Trinajstić information content (AvgIpc) is 2.17. The summed E-state index contributed by atoms with van der Waals surface area (Å²) in [5, 5.41) is 9.32. The maximum absolute atomic E-state index is 10.5. The predicted octanol–water partition coefficient (Wildman–Crippen LogP) is 0.723. The van der Waals surface area contributed by atoms with Crippen molar-refractivity contribution >= 4 is 16.9 Å². The van der Waals surface area contributed by atoms with Crippen molar-refractivity contribution in [3.8, 4) is 0 Å². The van der Waals surface area contributed by atoms with E-state index in [9.17, 15) is 4.79 Å². The van der Waals surface area contributed by atoms with Crippen LogP contribution in [-0.4, -0.2) is 26.0 Å². The molecule has 1 N–H and O–H groups in total. The van der Waals surface area contributed by atoms with Crippen molar-refractivity contribution in [3.05, 3.63) is 30.5 Å². The SMILES string of the molecule is O=C(O)c1cc2cncnc2cn1. The molecule has 2 rings (SSSR count). The van der Waals surface area contributed by atoms with Gasteiger partial charge in [0.1, 0.15) is 12.0 Å². The van der Waals surface area contributed by atoms with Gasteiger partial charge < -0.3 is 5.11 Å². The van der Waals surface area contributed by atoms with Crippen LogP contribution in [0.15, 0.2) is 24.8 Å². The molecule has 0 aliphatic heterocycles. The highest BCUT2D eigenvalue weighted by atomic mass is 16.4. The molecule has 0 bridgehead atoms. The van der Waals surface area contributed by atoms with Gasteiger partial charge in [0.2, 0.25) is 0 Å². The highest BCUT2D eigenvalue weighted by Crippen LogP contribution is 2.08. The Labute approximate surface area is 73.1 Å². The summed E-state index contributed by atoms with van der Waals surface area (Å²) in [4.78, 5) is 22.0. The molecule has 13 heavy (non-hydrogen) atoms. The second kappa shape index (κ2) is 2.78. The highest BCUT2D eigenvalue weighted by Gasteiger charge is 2.04. The minimum Gasteiger partial charge on any atom is -0.477 e. The van der Waals surface area contributed by atoms with Crippen LogP contribution in [-0.2, 0) is 0 Å². The molecule has 0 aliphatic carbocycles. The molecule has 0 unspecified atom stereocenters. The van der Waals surface area contributed by atoms with E-state index in [0.29, 0.717) is 10.9 Å². The number of carboxylic acid groups (broad SMARTS) is 1. The van der Waals surface area contributed by atoms with Crippen molar-refractivity contribution in [2.75, 3.05) is 0 Å². The molecular formula is C8H5N3O2. The molecule has 0 atom stereocenters. The molecule has 2 heterocycles. The number of carboxylic acids is 1. The molecule has 0 radical (unpaired) electrons. The number of hydrogen-bond acceptors (Lipinski definition) is 4. The zero-order valence-electron chi connectivity index (χ0n) is 6.51. The Morgan fingerprint density at radius 3 is 2.92 bits per heavy atom. The summed E-state index contributed by atoms with van der Waals surface area (Å²) >= 11 is 0. The first-order chi connectivity index (χ1) is 6.27. The number of fused-ring (bicyclic) bond motifs is 1. The molecule has 5 nitrogen and oxygen atoms in total. The van der Waals surface area contributed by atoms with Crippen molar-refractivity contribution in [3.63, 3.8) is 0 Å². The van der Waals surface area contributed by atoms with E-state index in [1.165, 1.54) is 18.6 Å². The molecule has 0 saturated heterocycles. The third-order valence-corrected chi connectivity index (χ3v) is 1.61. The summed E-state index contributed by atoms with van der Waals surface area (Å²) in [6.45, 7) is 0. The largest absolute Gasteiger partial charge is 0.477 e. The minimum atomic E-state index is -1.05. The number of aromatic carboxylic acids is 1. The van der Waals surface area contributed by atoms with Crippen molar-refractivity contribution in [2.24, 2.45) is 0 Å². The smallest absolute Gasteiger partial charge is 0.354 e. The summed E-state index contributed by atoms with van der Waals surface area (Å²) in [6, 6.07) is 1.44. The quantitative estimate of drug-likeness (QED) is 0.691. The molecule has 0 fully saturated rings. The van der Waals surface area contributed by atoms with E-state index in [4.69, 9.17) is 5.11 Å². The van der Waals surface area contributed by atoms with Gasteiger partial charge in [0.15, 0.2) is 0 Å². The molecule has 0 aromatic carbocycles. The fraction of sp³-hybridized carbons (Fsp3) is 0. The van der Waals surface area contributed by atoms with Crippen LogP contribution in [0.2, 0.25) is 0 Å². The lowest BCUT2D eigenvalue weighted by atomic mass is 10.2. The summed E-state index contributed by atoms with van der Waals surface area (Å²) in [6.07, 6.45) is 4.36. The standard InChI is InChI=1S/C8H5N3O2/c12-8(13)6-1-5-2-9-4-11-7(5)3-10-6/h1-4H,(H,12,13). The molecule has 0 saturated carbocycles. The van der Waals surface area contributed by atoms with Crippen LogP contribution >= 0.6 is 0 Å². The first kappa shape index (κ1) is 7.60. The summed E-state index contributed by atoms with van der Waals surface area (Å²) in [7, 11) is 0. The Hall–Kier alpha value is -2.04. The van der Waals surface area contributed by atoms with Crippen LogP contribution in [0.4, 0.5) is 0 Å². The van der Waals surface area contributed by atoms with E-state index < -0.39 is 5.97 Å². The van der Waals surface area contributed by atoms with Gasteiger partial charge >= 0.3 is 5.97 Å². The van der Waals surface area contributed by atoms with Crippen LogP contribution in [0.3, 0.4) is 0 Å². The van der Waals surface area contributed by atoms with Gasteiger partial charge in [0.25, 0.3) is 0 Å². The summed E-state index contributed by atoms with van der Waals surface area (Å²) in [5.41, 5.74) is 0.641. The van der Waals surface area contributed by atoms with E-state index in [1.807, 2.05) is 0 Å². The van der Waals surface area contributed by atoms with E-state index in [2.05, 4.69) is 15.0 Å². The van der Waals surface area contributed by atoms with Gasteiger partial charge in [-0.05, 0) is 6.07 Å². The first-order valence-corrected chi connectivity index (χ1v) is 3.56. The fourth-order valence-corrected chi connectivity index (χ4v) is 1.00. The number of carbonyl (C=O) groups is 1. The van der Waals surface area contributed by atoms with Gasteiger partial charge in [-0.1, -0.05) is 0 Å². The number of aromatic nitrogens is 3. The summed E-state index contributed by atoms with van der Waals surface area (Å²) in [5.74, 6) is -1.05.